The van der Waals surface area contributed by atoms with Crippen molar-refractivity contribution in [2.24, 2.45) is 0 Å². The summed E-state index contributed by atoms with van der Waals surface area (Å²) in [7, 11) is 4.14. The summed E-state index contributed by atoms with van der Waals surface area (Å²) in [5.41, 5.74) is 0. The number of hydrogen-bond acceptors (Lipinski definition) is 3. The molecule has 0 fully saturated rings. The van der Waals surface area contributed by atoms with Crippen LogP contribution in [-0.2, 0) is 4.94 Å². The van der Waals surface area contributed by atoms with Gasteiger partial charge in [-0.2, -0.15) is 10.1 Å². The molecule has 0 bridgehead atoms. The van der Waals surface area contributed by atoms with Crippen molar-refractivity contribution in [3.63, 3.8) is 0 Å². The molecule has 29 heavy (non-hydrogen) atoms. The molecule has 0 amide bonds. The minimum Gasteiger partial charge on any atom is -0.209 e. The lowest BCUT2D eigenvalue weighted by Gasteiger charge is -2.23. The fourth-order valence-corrected chi connectivity index (χ4v) is 3.96. The molecule has 0 N–H and O–H groups in total. The van der Waals surface area contributed by atoms with Gasteiger partial charge in [0.1, 0.15) is 0 Å². The highest BCUT2D eigenvalue weighted by atomic mass is 16.8. The normalized spacial score (nSPS) is 11.8. The van der Waals surface area contributed by atoms with Gasteiger partial charge in [-0.15, -0.1) is 0 Å². The number of hydrogen-bond donors (Lipinski definition) is 0. The van der Waals surface area contributed by atoms with Crippen molar-refractivity contribution in [2.45, 2.75) is 142 Å². The molecule has 176 valence electrons. The molecule has 0 aliphatic carbocycles. The van der Waals surface area contributed by atoms with E-state index in [1.165, 1.54) is 128 Å². The minimum atomic E-state index is 1.04. The second kappa shape index (κ2) is 24.2. The maximum absolute atomic E-state index is 5.88. The molecule has 0 rings (SSSR count). The monoisotopic (exact) mass is 412 g/mol. The first kappa shape index (κ1) is 28.9. The fourth-order valence-electron chi connectivity index (χ4n) is 3.96. The van der Waals surface area contributed by atoms with Crippen molar-refractivity contribution in [1.29, 1.82) is 0 Å². The Labute approximate surface area is 184 Å². The average molecular weight is 413 g/mol. The van der Waals surface area contributed by atoms with Gasteiger partial charge in [-0.25, -0.2) is 4.94 Å². The van der Waals surface area contributed by atoms with E-state index in [1.54, 1.807) is 0 Å². The van der Waals surface area contributed by atoms with Gasteiger partial charge < -0.3 is 0 Å². The minimum absolute atomic E-state index is 1.04. The molecule has 0 aliphatic heterocycles. The van der Waals surface area contributed by atoms with Crippen LogP contribution in [0.1, 0.15) is 142 Å². The molecule has 3 nitrogen and oxygen atoms in total. The topological polar surface area (TPSA) is 15.7 Å². The Kier molecular flexibility index (Phi) is 24.1. The summed E-state index contributed by atoms with van der Waals surface area (Å²) < 4.78 is 0. The summed E-state index contributed by atoms with van der Waals surface area (Å²) in [4.78, 5) is 5.88. The first-order valence-corrected chi connectivity index (χ1v) is 13.3. The molecular formula is C26H56N2O. The number of hydroxylamine groups is 4. The largest absolute Gasteiger partial charge is 0.209 e. The van der Waals surface area contributed by atoms with Crippen LogP contribution in [0.3, 0.4) is 0 Å². The predicted octanol–water partition coefficient (Wildman–Crippen LogP) is 8.54. The van der Waals surface area contributed by atoms with Crippen LogP contribution in [0.5, 0.6) is 0 Å². The molecular weight excluding hydrogens is 356 g/mol. The van der Waals surface area contributed by atoms with Crippen molar-refractivity contribution >= 4 is 0 Å². The maximum Gasteiger partial charge on any atom is 0.0256 e. The molecule has 0 saturated carbocycles. The zero-order chi connectivity index (χ0) is 21.4. The van der Waals surface area contributed by atoms with E-state index in [0.717, 1.165) is 13.1 Å². The highest BCUT2D eigenvalue weighted by Gasteiger charge is 2.04. The first-order chi connectivity index (χ1) is 14.2. The Morgan fingerprint density at radius 3 is 0.897 bits per heavy atom. The molecule has 0 heterocycles. The van der Waals surface area contributed by atoms with Gasteiger partial charge >= 0.3 is 0 Å². The van der Waals surface area contributed by atoms with Gasteiger partial charge in [0.25, 0.3) is 0 Å². The lowest BCUT2D eigenvalue weighted by Crippen LogP contribution is -2.31. The van der Waals surface area contributed by atoms with Crippen LogP contribution in [0.15, 0.2) is 0 Å². The third kappa shape index (κ3) is 24.0. The summed E-state index contributed by atoms with van der Waals surface area (Å²) >= 11 is 0. The van der Waals surface area contributed by atoms with Crippen molar-refractivity contribution < 1.29 is 4.94 Å². The van der Waals surface area contributed by atoms with E-state index in [0.29, 0.717) is 0 Å². The van der Waals surface area contributed by atoms with Gasteiger partial charge in [0, 0.05) is 27.2 Å². The lowest BCUT2D eigenvalue weighted by atomic mass is 10.1. The summed E-state index contributed by atoms with van der Waals surface area (Å²) in [5, 5.41) is 4.03. The van der Waals surface area contributed by atoms with Crippen molar-refractivity contribution in [2.75, 3.05) is 27.2 Å². The third-order valence-corrected chi connectivity index (χ3v) is 5.93. The van der Waals surface area contributed by atoms with Crippen LogP contribution in [-0.4, -0.2) is 37.3 Å². The molecule has 0 radical (unpaired) electrons. The van der Waals surface area contributed by atoms with Gasteiger partial charge in [-0.3, -0.25) is 0 Å². The zero-order valence-electron chi connectivity index (χ0n) is 20.9. The van der Waals surface area contributed by atoms with E-state index in [2.05, 4.69) is 27.9 Å². The van der Waals surface area contributed by atoms with Gasteiger partial charge in [-0.05, 0) is 12.8 Å². The number of nitrogens with zero attached hydrogens (tertiary/aromatic N) is 2. The Bertz CT molecular complexity index is 270. The van der Waals surface area contributed by atoms with E-state index in [1.807, 2.05) is 10.1 Å². The van der Waals surface area contributed by atoms with Crippen LogP contribution >= 0.6 is 0 Å². The smallest absolute Gasteiger partial charge is 0.0256 e. The first-order valence-electron chi connectivity index (χ1n) is 13.3. The van der Waals surface area contributed by atoms with E-state index >= 15 is 0 Å². The number of rotatable bonds is 24. The average Bonchev–Trinajstić information content (AvgIpc) is 2.70. The van der Waals surface area contributed by atoms with Crippen LogP contribution in [0.4, 0.5) is 0 Å². The number of unbranched alkanes of at least 4 members (excludes halogenated alkanes) is 18. The molecule has 0 atom stereocenters. The van der Waals surface area contributed by atoms with E-state index in [4.69, 9.17) is 4.94 Å². The molecule has 0 saturated heterocycles. The summed E-state index contributed by atoms with van der Waals surface area (Å²) in [5.74, 6) is 0. The molecule has 0 aliphatic rings. The van der Waals surface area contributed by atoms with Crippen molar-refractivity contribution in [3.05, 3.63) is 0 Å². The quantitative estimate of drug-likeness (QED) is 0.117. The molecule has 0 unspecified atom stereocenters. The van der Waals surface area contributed by atoms with Crippen LogP contribution in [0.25, 0.3) is 0 Å². The summed E-state index contributed by atoms with van der Waals surface area (Å²) in [6.45, 7) is 6.66. The van der Waals surface area contributed by atoms with Crippen LogP contribution in [0.2, 0.25) is 0 Å². The Balaban J connectivity index is 3.29. The van der Waals surface area contributed by atoms with Crippen molar-refractivity contribution in [3.8, 4) is 0 Å². The van der Waals surface area contributed by atoms with Gasteiger partial charge in [-0.1, -0.05) is 129 Å². The van der Waals surface area contributed by atoms with E-state index < -0.39 is 0 Å². The van der Waals surface area contributed by atoms with E-state index in [9.17, 15) is 0 Å². The fraction of sp³-hybridized carbons (Fsp3) is 1.00. The highest BCUT2D eigenvalue weighted by Crippen LogP contribution is 2.12. The molecule has 0 aromatic rings. The molecule has 3 heteroatoms. The Morgan fingerprint density at radius 1 is 0.379 bits per heavy atom. The third-order valence-electron chi connectivity index (χ3n) is 5.93. The summed E-state index contributed by atoms with van der Waals surface area (Å²) in [6, 6.07) is 0. The Hall–Kier alpha value is -0.120. The Morgan fingerprint density at radius 2 is 0.621 bits per heavy atom. The predicted molar refractivity (Wildman–Crippen MR) is 130 cm³/mol. The highest BCUT2D eigenvalue weighted by molar-refractivity contribution is 4.50. The van der Waals surface area contributed by atoms with Gasteiger partial charge in [0.2, 0.25) is 0 Å². The second-order valence-corrected chi connectivity index (χ2v) is 9.15. The van der Waals surface area contributed by atoms with Crippen LogP contribution in [0, 0.1) is 0 Å². The van der Waals surface area contributed by atoms with Crippen molar-refractivity contribution in [1.82, 2.24) is 10.1 Å². The molecule has 0 aromatic carbocycles. The second-order valence-electron chi connectivity index (χ2n) is 9.15. The maximum atomic E-state index is 5.88. The van der Waals surface area contributed by atoms with Gasteiger partial charge in [0.05, 0.1) is 0 Å². The zero-order valence-corrected chi connectivity index (χ0v) is 20.9. The summed E-state index contributed by atoms with van der Waals surface area (Å²) in [6.07, 6.45) is 27.8. The molecule has 0 aromatic heterocycles. The molecule has 0 spiro atoms. The standard InChI is InChI=1S/C26H56N2O/c1-5-7-9-11-13-15-17-19-21-23-25-27(3)29-28(4)26-24-22-20-18-16-14-12-10-8-6-2/h5-26H2,1-4H3. The van der Waals surface area contributed by atoms with Crippen LogP contribution < -0.4 is 0 Å². The van der Waals surface area contributed by atoms with Gasteiger partial charge in [0.15, 0.2) is 0 Å². The lowest BCUT2D eigenvalue weighted by molar-refractivity contribution is -0.304. The SMILES string of the molecule is CCCCCCCCCCCCN(C)ON(C)CCCCCCCCCCCC. The van der Waals surface area contributed by atoms with E-state index in [-0.39, 0.29) is 0 Å².